The van der Waals surface area contributed by atoms with Crippen molar-refractivity contribution in [1.82, 2.24) is 0 Å². The van der Waals surface area contributed by atoms with E-state index in [4.69, 9.17) is 14.2 Å². The maximum atomic E-state index is 11.4. The van der Waals surface area contributed by atoms with Crippen LogP contribution in [0, 0.1) is 11.8 Å². The molecule has 0 bridgehead atoms. The van der Waals surface area contributed by atoms with Crippen molar-refractivity contribution in [1.29, 1.82) is 0 Å². The molecule has 0 amide bonds. The van der Waals surface area contributed by atoms with Crippen molar-refractivity contribution in [3.63, 3.8) is 0 Å². The molecule has 3 rings (SSSR count). The Labute approximate surface area is 177 Å². The average molecular weight is 400 g/mol. The van der Waals surface area contributed by atoms with Gasteiger partial charge in [0.1, 0.15) is 17.2 Å². The smallest absolute Gasteiger partial charge is 0.170 e. The molecule has 0 aliphatic heterocycles. The van der Waals surface area contributed by atoms with Gasteiger partial charge in [0.15, 0.2) is 5.60 Å². The van der Waals surface area contributed by atoms with Crippen LogP contribution in [0.1, 0.15) is 16.7 Å². The number of methoxy groups -OCH3 is 3. The number of rotatable bonds is 6. The normalized spacial score (nSPS) is 12.5. The summed E-state index contributed by atoms with van der Waals surface area (Å²) < 4.78 is 15.6. The molecule has 0 aliphatic carbocycles. The van der Waals surface area contributed by atoms with Gasteiger partial charge < -0.3 is 19.3 Å². The molecule has 0 saturated carbocycles. The Morgan fingerprint density at radius 2 is 1.17 bits per heavy atom. The highest BCUT2D eigenvalue weighted by atomic mass is 16.5. The van der Waals surface area contributed by atoms with Gasteiger partial charge in [-0.15, -0.1) is 0 Å². The molecule has 0 radical (unpaired) electrons. The molecular weight excluding hydrogens is 376 g/mol. The van der Waals surface area contributed by atoms with Crippen LogP contribution in [0.25, 0.3) is 6.08 Å². The summed E-state index contributed by atoms with van der Waals surface area (Å²) in [5.74, 6) is 8.31. The third-order valence-corrected chi connectivity index (χ3v) is 4.65. The molecule has 0 heterocycles. The van der Waals surface area contributed by atoms with E-state index in [9.17, 15) is 5.11 Å². The van der Waals surface area contributed by atoms with Gasteiger partial charge in [0.2, 0.25) is 0 Å². The summed E-state index contributed by atoms with van der Waals surface area (Å²) in [5, 5.41) is 11.4. The summed E-state index contributed by atoms with van der Waals surface area (Å²) in [6, 6.07) is 22.2. The van der Waals surface area contributed by atoms with E-state index in [0.29, 0.717) is 11.3 Å². The van der Waals surface area contributed by atoms with Crippen LogP contribution in [0.4, 0.5) is 0 Å². The van der Waals surface area contributed by atoms with Gasteiger partial charge in [-0.05, 0) is 60.2 Å². The average Bonchev–Trinajstić information content (AvgIpc) is 2.82. The van der Waals surface area contributed by atoms with Crippen LogP contribution in [0.5, 0.6) is 17.2 Å². The maximum Gasteiger partial charge on any atom is 0.170 e. The molecule has 1 atom stereocenters. The molecule has 1 unspecified atom stereocenters. The highest BCUT2D eigenvalue weighted by Crippen LogP contribution is 2.26. The van der Waals surface area contributed by atoms with Crippen LogP contribution in [-0.4, -0.2) is 26.4 Å². The summed E-state index contributed by atoms with van der Waals surface area (Å²) in [6.07, 6.45) is 3.53. The topological polar surface area (TPSA) is 47.9 Å². The van der Waals surface area contributed by atoms with E-state index in [1.165, 1.54) is 0 Å². The number of hydrogen-bond acceptors (Lipinski definition) is 4. The Morgan fingerprint density at radius 3 is 1.67 bits per heavy atom. The first-order chi connectivity index (χ1) is 14.6. The van der Waals surface area contributed by atoms with Gasteiger partial charge in [-0.2, -0.15) is 0 Å². The van der Waals surface area contributed by atoms with E-state index in [1.54, 1.807) is 51.7 Å². The van der Waals surface area contributed by atoms with Crippen LogP contribution in [-0.2, 0) is 5.60 Å². The lowest BCUT2D eigenvalue weighted by atomic mass is 9.92. The first kappa shape index (κ1) is 21.0. The third-order valence-electron chi connectivity index (χ3n) is 4.65. The fourth-order valence-corrected chi connectivity index (χ4v) is 2.83. The molecule has 0 aromatic heterocycles. The quantitative estimate of drug-likeness (QED) is 0.611. The number of ether oxygens (including phenoxy) is 3. The molecule has 0 fully saturated rings. The Bertz CT molecular complexity index is 1040. The SMILES string of the molecule is COc1ccc(C#CC(O)(/C=C/c2ccc(OC)cc2)c2ccc(OC)cc2)cc1. The molecule has 3 aromatic carbocycles. The highest BCUT2D eigenvalue weighted by molar-refractivity contribution is 5.56. The zero-order chi connectivity index (χ0) is 21.4. The van der Waals surface area contributed by atoms with Crippen molar-refractivity contribution >= 4 is 6.08 Å². The van der Waals surface area contributed by atoms with Crippen LogP contribution < -0.4 is 14.2 Å². The summed E-state index contributed by atoms with van der Waals surface area (Å²) >= 11 is 0. The summed E-state index contributed by atoms with van der Waals surface area (Å²) in [5.41, 5.74) is 0.871. The molecule has 0 spiro atoms. The van der Waals surface area contributed by atoms with E-state index >= 15 is 0 Å². The summed E-state index contributed by atoms with van der Waals surface area (Å²) in [6.45, 7) is 0. The van der Waals surface area contributed by atoms with Crippen molar-refractivity contribution in [2.24, 2.45) is 0 Å². The van der Waals surface area contributed by atoms with Crippen LogP contribution >= 0.6 is 0 Å². The zero-order valence-corrected chi connectivity index (χ0v) is 17.3. The molecule has 0 aliphatic rings. The van der Waals surface area contributed by atoms with Gasteiger partial charge >= 0.3 is 0 Å². The summed E-state index contributed by atoms with van der Waals surface area (Å²) in [4.78, 5) is 0. The van der Waals surface area contributed by atoms with E-state index in [2.05, 4.69) is 11.8 Å². The second-order valence-electron chi connectivity index (χ2n) is 6.58. The lowest BCUT2D eigenvalue weighted by Gasteiger charge is -2.19. The first-order valence-electron chi connectivity index (χ1n) is 9.44. The van der Waals surface area contributed by atoms with Crippen LogP contribution in [0.2, 0.25) is 0 Å². The molecular formula is C26H24O4. The van der Waals surface area contributed by atoms with Crippen molar-refractivity contribution in [3.8, 4) is 29.1 Å². The Balaban J connectivity index is 1.96. The second kappa shape index (κ2) is 9.69. The van der Waals surface area contributed by atoms with Crippen LogP contribution in [0.15, 0.2) is 78.9 Å². The molecule has 30 heavy (non-hydrogen) atoms. The molecule has 4 nitrogen and oxygen atoms in total. The third kappa shape index (κ3) is 5.22. The fraction of sp³-hybridized carbons (Fsp3) is 0.154. The van der Waals surface area contributed by atoms with Gasteiger partial charge in [-0.1, -0.05) is 42.2 Å². The fourth-order valence-electron chi connectivity index (χ4n) is 2.83. The van der Waals surface area contributed by atoms with E-state index in [-0.39, 0.29) is 0 Å². The lowest BCUT2D eigenvalue weighted by Crippen LogP contribution is -2.20. The standard InChI is InChI=1S/C26H24O4/c1-28-23-10-4-20(5-11-23)16-18-26(27,22-8-14-25(30-3)15-9-22)19-17-21-6-12-24(29-2)13-7-21/h4-16,18,27H,1-3H3/b18-16+. The Hall–Kier alpha value is -3.68. The lowest BCUT2D eigenvalue weighted by molar-refractivity contribution is 0.155. The van der Waals surface area contributed by atoms with E-state index in [0.717, 1.165) is 22.6 Å². The minimum Gasteiger partial charge on any atom is -0.497 e. The van der Waals surface area contributed by atoms with Gasteiger partial charge in [0.25, 0.3) is 0 Å². The molecule has 152 valence electrons. The van der Waals surface area contributed by atoms with Gasteiger partial charge in [0.05, 0.1) is 21.3 Å². The summed E-state index contributed by atoms with van der Waals surface area (Å²) in [7, 11) is 4.85. The van der Waals surface area contributed by atoms with Crippen molar-refractivity contribution in [3.05, 3.63) is 95.6 Å². The maximum absolute atomic E-state index is 11.4. The monoisotopic (exact) mass is 400 g/mol. The minimum atomic E-state index is -1.48. The molecule has 0 saturated heterocycles. The van der Waals surface area contributed by atoms with Crippen molar-refractivity contribution in [2.75, 3.05) is 21.3 Å². The van der Waals surface area contributed by atoms with Crippen molar-refractivity contribution < 1.29 is 19.3 Å². The number of benzene rings is 3. The zero-order valence-electron chi connectivity index (χ0n) is 17.3. The Morgan fingerprint density at radius 1 is 0.700 bits per heavy atom. The van der Waals surface area contributed by atoms with Crippen molar-refractivity contribution in [2.45, 2.75) is 5.60 Å². The number of hydrogen-bond donors (Lipinski definition) is 1. The minimum absolute atomic E-state index is 0.647. The molecule has 1 N–H and O–H groups in total. The molecule has 3 aromatic rings. The van der Waals surface area contributed by atoms with Gasteiger partial charge in [-0.25, -0.2) is 0 Å². The molecule has 4 heteroatoms. The largest absolute Gasteiger partial charge is 0.497 e. The predicted octanol–water partition coefficient (Wildman–Crippen LogP) is 4.67. The Kier molecular flexibility index (Phi) is 6.79. The van der Waals surface area contributed by atoms with E-state index < -0.39 is 5.60 Å². The predicted molar refractivity (Wildman–Crippen MR) is 119 cm³/mol. The first-order valence-corrected chi connectivity index (χ1v) is 9.44. The second-order valence-corrected chi connectivity index (χ2v) is 6.58. The number of aliphatic hydroxyl groups is 1. The highest BCUT2D eigenvalue weighted by Gasteiger charge is 2.23. The van der Waals surface area contributed by atoms with Crippen LogP contribution in [0.3, 0.4) is 0 Å². The van der Waals surface area contributed by atoms with E-state index in [1.807, 2.05) is 54.6 Å². The van der Waals surface area contributed by atoms with Gasteiger partial charge in [-0.3, -0.25) is 0 Å². The van der Waals surface area contributed by atoms with Gasteiger partial charge in [0, 0.05) is 11.1 Å².